The van der Waals surface area contributed by atoms with Crippen LogP contribution in [0.3, 0.4) is 0 Å². The molecule has 126 valence electrons. The van der Waals surface area contributed by atoms with Crippen molar-refractivity contribution in [1.82, 2.24) is 9.80 Å². The molecule has 0 fully saturated rings. The van der Waals surface area contributed by atoms with E-state index in [0.717, 1.165) is 23.3 Å². The largest absolute Gasteiger partial charge is 0.497 e. The lowest BCUT2D eigenvalue weighted by molar-refractivity contribution is 0.154. The Hall–Kier alpha value is -2.20. The van der Waals surface area contributed by atoms with Crippen LogP contribution in [0.2, 0.25) is 5.02 Å². The number of amides is 2. The molecule has 1 aliphatic heterocycles. The summed E-state index contributed by atoms with van der Waals surface area (Å²) in [5, 5.41) is 0.666. The lowest BCUT2D eigenvalue weighted by Crippen LogP contribution is -2.45. The van der Waals surface area contributed by atoms with Crippen LogP contribution < -0.4 is 4.74 Å². The fraction of sp³-hybridized carbons (Fsp3) is 0.316. The maximum Gasteiger partial charge on any atom is 0.320 e. The maximum absolute atomic E-state index is 12.7. The van der Waals surface area contributed by atoms with Crippen LogP contribution in [0.15, 0.2) is 42.5 Å². The number of urea groups is 1. The summed E-state index contributed by atoms with van der Waals surface area (Å²) in [5.41, 5.74) is 3.34. The summed E-state index contributed by atoms with van der Waals surface area (Å²) in [6, 6.07) is 13.6. The molecule has 1 heterocycles. The molecule has 0 radical (unpaired) electrons. The van der Waals surface area contributed by atoms with Gasteiger partial charge in [-0.05, 0) is 47.4 Å². The highest BCUT2D eigenvalue weighted by molar-refractivity contribution is 6.30. The smallest absolute Gasteiger partial charge is 0.320 e. The Kier molecular flexibility index (Phi) is 4.67. The quantitative estimate of drug-likeness (QED) is 0.825. The molecule has 24 heavy (non-hydrogen) atoms. The number of rotatable bonds is 2. The first-order valence-electron chi connectivity index (χ1n) is 7.91. The highest BCUT2D eigenvalue weighted by Gasteiger charge is 2.33. The zero-order valence-electron chi connectivity index (χ0n) is 14.1. The van der Waals surface area contributed by atoms with E-state index in [2.05, 4.69) is 6.07 Å². The second kappa shape index (κ2) is 6.73. The summed E-state index contributed by atoms with van der Waals surface area (Å²) >= 11 is 6.20. The highest BCUT2D eigenvalue weighted by atomic mass is 35.5. The third-order valence-corrected chi connectivity index (χ3v) is 4.61. The van der Waals surface area contributed by atoms with E-state index in [0.29, 0.717) is 11.6 Å². The summed E-state index contributed by atoms with van der Waals surface area (Å²) < 4.78 is 5.39. The molecule has 0 N–H and O–H groups in total. The minimum Gasteiger partial charge on any atom is -0.497 e. The van der Waals surface area contributed by atoms with Crippen molar-refractivity contribution >= 4 is 17.6 Å². The van der Waals surface area contributed by atoms with Gasteiger partial charge in [0.25, 0.3) is 0 Å². The van der Waals surface area contributed by atoms with Crippen molar-refractivity contribution in [2.75, 3.05) is 27.7 Å². The average Bonchev–Trinajstić information content (AvgIpc) is 2.59. The number of carbonyl (C=O) groups excluding carboxylic acids is 1. The Labute approximate surface area is 147 Å². The van der Waals surface area contributed by atoms with Crippen molar-refractivity contribution in [2.45, 2.75) is 12.5 Å². The van der Waals surface area contributed by atoms with E-state index < -0.39 is 0 Å². The number of nitrogens with zero attached hydrogens (tertiary/aromatic N) is 2. The number of halogens is 1. The predicted octanol–water partition coefficient (Wildman–Crippen LogP) is 3.98. The number of fused-ring (bicyclic) bond motifs is 1. The van der Waals surface area contributed by atoms with Crippen LogP contribution >= 0.6 is 11.6 Å². The van der Waals surface area contributed by atoms with E-state index in [1.165, 1.54) is 5.56 Å². The molecule has 2 amide bonds. The van der Waals surface area contributed by atoms with Crippen LogP contribution in [0.4, 0.5) is 4.79 Å². The fourth-order valence-corrected chi connectivity index (χ4v) is 3.42. The average molecular weight is 345 g/mol. The predicted molar refractivity (Wildman–Crippen MR) is 95.8 cm³/mol. The third kappa shape index (κ3) is 3.06. The van der Waals surface area contributed by atoms with E-state index in [4.69, 9.17) is 16.3 Å². The zero-order valence-corrected chi connectivity index (χ0v) is 14.9. The lowest BCUT2D eigenvalue weighted by Gasteiger charge is -2.39. The lowest BCUT2D eigenvalue weighted by atomic mass is 9.88. The van der Waals surface area contributed by atoms with Crippen LogP contribution in [0.5, 0.6) is 5.75 Å². The van der Waals surface area contributed by atoms with Crippen LogP contribution in [0.25, 0.3) is 0 Å². The standard InChI is InChI=1S/C19H21ClN2O2/c1-21(2)19(23)22-10-9-13-7-8-16(24-3)12-17(13)18(22)14-5-4-6-15(20)11-14/h4-8,11-12,18H,9-10H2,1-3H3. The van der Waals surface area contributed by atoms with Crippen molar-refractivity contribution in [3.8, 4) is 5.75 Å². The summed E-state index contributed by atoms with van der Waals surface area (Å²) in [7, 11) is 5.21. The van der Waals surface area contributed by atoms with Crippen molar-refractivity contribution in [3.63, 3.8) is 0 Å². The fourth-order valence-electron chi connectivity index (χ4n) is 3.22. The molecule has 0 saturated heterocycles. The molecule has 3 rings (SSSR count). The molecular formula is C19H21ClN2O2. The Balaban J connectivity index is 2.14. The molecular weight excluding hydrogens is 324 g/mol. The second-order valence-corrected chi connectivity index (χ2v) is 6.58. The minimum absolute atomic E-state index is 0.00607. The van der Waals surface area contributed by atoms with Gasteiger partial charge in [0.05, 0.1) is 13.2 Å². The topological polar surface area (TPSA) is 32.8 Å². The van der Waals surface area contributed by atoms with Crippen LogP contribution in [0.1, 0.15) is 22.7 Å². The molecule has 1 atom stereocenters. The minimum atomic E-state index is -0.169. The second-order valence-electron chi connectivity index (χ2n) is 6.14. The highest BCUT2D eigenvalue weighted by Crippen LogP contribution is 2.38. The summed E-state index contributed by atoms with van der Waals surface area (Å²) in [5.74, 6) is 0.792. The number of hydrogen-bond donors (Lipinski definition) is 0. The van der Waals surface area contributed by atoms with Gasteiger partial charge in [-0.1, -0.05) is 29.8 Å². The molecule has 1 aliphatic rings. The first-order valence-corrected chi connectivity index (χ1v) is 8.29. The van der Waals surface area contributed by atoms with Crippen LogP contribution in [-0.2, 0) is 6.42 Å². The van der Waals surface area contributed by atoms with Gasteiger partial charge in [0.1, 0.15) is 5.75 Å². The SMILES string of the molecule is COc1ccc2c(c1)C(c1cccc(Cl)c1)N(C(=O)N(C)C)CC2. The number of carbonyl (C=O) groups is 1. The molecule has 0 aromatic heterocycles. The van der Waals surface area contributed by atoms with E-state index in [-0.39, 0.29) is 12.1 Å². The van der Waals surface area contributed by atoms with Gasteiger partial charge in [-0.15, -0.1) is 0 Å². The van der Waals surface area contributed by atoms with E-state index in [9.17, 15) is 4.79 Å². The first-order chi connectivity index (χ1) is 11.5. The number of hydrogen-bond acceptors (Lipinski definition) is 2. The third-order valence-electron chi connectivity index (χ3n) is 4.37. The summed E-state index contributed by atoms with van der Waals surface area (Å²) in [4.78, 5) is 16.2. The van der Waals surface area contributed by atoms with Gasteiger partial charge >= 0.3 is 6.03 Å². The molecule has 5 heteroatoms. The Bertz CT molecular complexity index is 761. The molecule has 2 aromatic carbocycles. The van der Waals surface area contributed by atoms with E-state index >= 15 is 0 Å². The van der Waals surface area contributed by atoms with Gasteiger partial charge in [0, 0.05) is 25.7 Å². The molecule has 0 bridgehead atoms. The number of ether oxygens (including phenoxy) is 1. The molecule has 2 aromatic rings. The normalized spacial score (nSPS) is 16.5. The van der Waals surface area contributed by atoms with Crippen LogP contribution in [0, 0.1) is 0 Å². The van der Waals surface area contributed by atoms with Gasteiger partial charge in [-0.2, -0.15) is 0 Å². The van der Waals surface area contributed by atoms with Gasteiger partial charge in [-0.25, -0.2) is 4.79 Å². The van der Waals surface area contributed by atoms with E-state index in [1.807, 2.05) is 41.3 Å². The van der Waals surface area contributed by atoms with Gasteiger partial charge in [0.15, 0.2) is 0 Å². The van der Waals surface area contributed by atoms with Crippen molar-refractivity contribution in [2.24, 2.45) is 0 Å². The van der Waals surface area contributed by atoms with Gasteiger partial charge in [0.2, 0.25) is 0 Å². The molecule has 0 spiro atoms. The molecule has 0 saturated carbocycles. The molecule has 1 unspecified atom stereocenters. The van der Waals surface area contributed by atoms with Gasteiger partial charge in [-0.3, -0.25) is 0 Å². The Morgan fingerprint density at radius 3 is 2.71 bits per heavy atom. The zero-order chi connectivity index (χ0) is 17.3. The van der Waals surface area contributed by atoms with Crippen molar-refractivity contribution in [1.29, 1.82) is 0 Å². The van der Waals surface area contributed by atoms with Gasteiger partial charge < -0.3 is 14.5 Å². The van der Waals surface area contributed by atoms with E-state index in [1.54, 1.807) is 26.1 Å². The van der Waals surface area contributed by atoms with Crippen LogP contribution in [-0.4, -0.2) is 43.6 Å². The monoisotopic (exact) mass is 344 g/mol. The van der Waals surface area contributed by atoms with Crippen molar-refractivity contribution < 1.29 is 9.53 Å². The van der Waals surface area contributed by atoms with Crippen molar-refractivity contribution in [3.05, 3.63) is 64.2 Å². The molecule has 0 aliphatic carbocycles. The summed E-state index contributed by atoms with van der Waals surface area (Å²) in [6.07, 6.45) is 0.829. The summed E-state index contributed by atoms with van der Waals surface area (Å²) in [6.45, 7) is 0.674. The molecule has 4 nitrogen and oxygen atoms in total. The number of methoxy groups -OCH3 is 1. The Morgan fingerprint density at radius 1 is 1.25 bits per heavy atom. The maximum atomic E-state index is 12.7. The number of benzene rings is 2. The first kappa shape index (κ1) is 16.7. The Morgan fingerprint density at radius 2 is 2.04 bits per heavy atom.